The molecular weight excluding hydrogens is 441 g/mol. The Hall–Kier alpha value is -4.21. The van der Waals surface area contributed by atoms with Gasteiger partial charge in [0, 0.05) is 35.6 Å². The number of nitrogens with two attached hydrogens (primary N) is 2. The Kier molecular flexibility index (Phi) is 5.60. The third-order valence-corrected chi connectivity index (χ3v) is 6.08. The number of hydrogen-bond acceptors (Lipinski definition) is 6. The quantitative estimate of drug-likeness (QED) is 0.468. The van der Waals surface area contributed by atoms with Crippen LogP contribution in [0.1, 0.15) is 31.7 Å². The van der Waals surface area contributed by atoms with Gasteiger partial charge in [0.15, 0.2) is 0 Å². The number of nitro groups is 1. The number of benzene rings is 2. The van der Waals surface area contributed by atoms with Crippen LogP contribution < -0.4 is 21.7 Å². The average Bonchev–Trinajstić information content (AvgIpc) is 2.89. The van der Waals surface area contributed by atoms with Gasteiger partial charge in [-0.05, 0) is 41.7 Å². The van der Waals surface area contributed by atoms with Crippen LogP contribution in [0.5, 0.6) is 0 Å². The summed E-state index contributed by atoms with van der Waals surface area (Å²) in [5.41, 5.74) is 13.5. The van der Waals surface area contributed by atoms with Gasteiger partial charge in [0.05, 0.1) is 16.4 Å². The van der Waals surface area contributed by atoms with Crippen molar-refractivity contribution in [2.75, 3.05) is 11.4 Å². The lowest BCUT2D eigenvalue weighted by atomic mass is 9.77. The van der Waals surface area contributed by atoms with Crippen LogP contribution in [-0.4, -0.2) is 23.3 Å². The minimum Gasteiger partial charge on any atom is -0.384 e. The van der Waals surface area contributed by atoms with Crippen LogP contribution in [0.4, 0.5) is 15.8 Å². The number of amides is 2. The third-order valence-electron chi connectivity index (χ3n) is 6.08. The summed E-state index contributed by atoms with van der Waals surface area (Å²) >= 11 is 0. The first-order chi connectivity index (χ1) is 16.0. The van der Waals surface area contributed by atoms with Gasteiger partial charge < -0.3 is 16.8 Å². The highest BCUT2D eigenvalue weighted by Gasteiger charge is 2.44. The van der Waals surface area contributed by atoms with E-state index < -0.39 is 28.5 Å². The SMILES string of the molecule is CC1(C)CNC(=O)C2=C(C1)N(c1ccc(F)cc1)C(N)=C(C(N)=O)C2c1ccc([N+](=O)[O-])cc1. The van der Waals surface area contributed by atoms with Gasteiger partial charge >= 0.3 is 0 Å². The van der Waals surface area contributed by atoms with Crippen molar-refractivity contribution < 1.29 is 18.9 Å². The molecule has 2 aromatic carbocycles. The van der Waals surface area contributed by atoms with Crippen molar-refractivity contribution in [3.05, 3.63) is 92.7 Å². The fourth-order valence-corrected chi connectivity index (χ4v) is 4.49. The minimum absolute atomic E-state index is 0.0201. The molecule has 0 spiro atoms. The zero-order valence-electron chi connectivity index (χ0n) is 18.7. The van der Waals surface area contributed by atoms with Gasteiger partial charge in [0.2, 0.25) is 11.8 Å². The monoisotopic (exact) mass is 465 g/mol. The lowest BCUT2D eigenvalue weighted by Crippen LogP contribution is -2.41. The number of halogens is 1. The number of nitro benzene ring substituents is 1. The van der Waals surface area contributed by atoms with Crippen molar-refractivity contribution in [2.45, 2.75) is 26.2 Å². The molecule has 2 aliphatic rings. The molecule has 10 heteroatoms. The fraction of sp³-hybridized carbons (Fsp3) is 0.250. The van der Waals surface area contributed by atoms with E-state index in [9.17, 15) is 24.1 Å². The molecule has 0 saturated carbocycles. The third kappa shape index (κ3) is 3.98. The van der Waals surface area contributed by atoms with Gasteiger partial charge in [-0.1, -0.05) is 26.0 Å². The number of non-ortho nitro benzene ring substituents is 1. The molecule has 9 nitrogen and oxygen atoms in total. The maximum absolute atomic E-state index is 13.7. The molecule has 0 saturated heterocycles. The van der Waals surface area contributed by atoms with Crippen molar-refractivity contribution in [1.29, 1.82) is 0 Å². The first kappa shape index (κ1) is 23.0. The maximum Gasteiger partial charge on any atom is 0.269 e. The Bertz CT molecular complexity index is 1250. The van der Waals surface area contributed by atoms with Gasteiger partial charge in [-0.2, -0.15) is 0 Å². The van der Waals surface area contributed by atoms with Crippen LogP contribution in [-0.2, 0) is 9.59 Å². The summed E-state index contributed by atoms with van der Waals surface area (Å²) < 4.78 is 13.7. The summed E-state index contributed by atoms with van der Waals surface area (Å²) in [5.74, 6) is -2.60. The zero-order valence-corrected chi connectivity index (χ0v) is 18.7. The molecule has 2 heterocycles. The lowest BCUT2D eigenvalue weighted by Gasteiger charge is -2.39. The summed E-state index contributed by atoms with van der Waals surface area (Å²) in [7, 11) is 0. The molecule has 0 bridgehead atoms. The highest BCUT2D eigenvalue weighted by atomic mass is 19.1. The number of rotatable bonds is 4. The summed E-state index contributed by atoms with van der Waals surface area (Å²) in [6.07, 6.45) is 0.411. The Labute approximate surface area is 195 Å². The number of carbonyl (C=O) groups excluding carboxylic acids is 2. The molecule has 1 atom stereocenters. The molecule has 4 rings (SSSR count). The number of nitrogens with zero attached hydrogens (tertiary/aromatic N) is 2. The molecule has 34 heavy (non-hydrogen) atoms. The van der Waals surface area contributed by atoms with Crippen molar-refractivity contribution in [3.63, 3.8) is 0 Å². The van der Waals surface area contributed by atoms with Crippen molar-refractivity contribution in [3.8, 4) is 0 Å². The molecule has 1 unspecified atom stereocenters. The largest absolute Gasteiger partial charge is 0.384 e. The second kappa shape index (κ2) is 8.29. The van der Waals surface area contributed by atoms with Crippen molar-refractivity contribution in [2.24, 2.45) is 16.9 Å². The highest BCUT2D eigenvalue weighted by Crippen LogP contribution is 2.46. The fourth-order valence-electron chi connectivity index (χ4n) is 4.49. The molecule has 0 aromatic heterocycles. The predicted octanol–water partition coefficient (Wildman–Crippen LogP) is 2.79. The molecule has 2 amide bonds. The Balaban J connectivity index is 2.01. The van der Waals surface area contributed by atoms with Gasteiger partial charge in [-0.25, -0.2) is 4.39 Å². The van der Waals surface area contributed by atoms with Crippen LogP contribution in [0.3, 0.4) is 0 Å². The number of anilines is 1. The normalized spacial score (nSPS) is 19.9. The Morgan fingerprint density at radius 3 is 2.35 bits per heavy atom. The van der Waals surface area contributed by atoms with E-state index in [1.807, 2.05) is 13.8 Å². The minimum atomic E-state index is -0.932. The number of primary amides is 1. The number of nitrogens with one attached hydrogen (secondary N) is 1. The Morgan fingerprint density at radius 1 is 1.18 bits per heavy atom. The van der Waals surface area contributed by atoms with E-state index in [0.29, 0.717) is 29.9 Å². The van der Waals surface area contributed by atoms with E-state index in [0.717, 1.165) is 0 Å². The van der Waals surface area contributed by atoms with E-state index in [4.69, 9.17) is 11.5 Å². The topological polar surface area (TPSA) is 145 Å². The molecule has 2 aliphatic heterocycles. The summed E-state index contributed by atoms with van der Waals surface area (Å²) in [5, 5.41) is 14.0. The first-order valence-corrected chi connectivity index (χ1v) is 10.6. The molecule has 0 aliphatic carbocycles. The summed E-state index contributed by atoms with van der Waals surface area (Å²) in [6, 6.07) is 11.1. The predicted molar refractivity (Wildman–Crippen MR) is 124 cm³/mol. The molecule has 2 aromatic rings. The smallest absolute Gasteiger partial charge is 0.269 e. The van der Waals surface area contributed by atoms with E-state index in [2.05, 4.69) is 5.32 Å². The second-order valence-electron chi connectivity index (χ2n) is 9.14. The van der Waals surface area contributed by atoms with Gasteiger partial charge in [0.25, 0.3) is 5.69 Å². The highest BCUT2D eigenvalue weighted by molar-refractivity contribution is 6.05. The van der Waals surface area contributed by atoms with Gasteiger partial charge in [0.1, 0.15) is 11.6 Å². The number of hydrogen-bond donors (Lipinski definition) is 3. The number of allylic oxidation sites excluding steroid dienone is 1. The van der Waals surface area contributed by atoms with E-state index in [1.165, 1.54) is 48.5 Å². The van der Waals surface area contributed by atoms with E-state index in [1.54, 1.807) is 4.90 Å². The number of carbonyl (C=O) groups is 2. The van der Waals surface area contributed by atoms with Crippen molar-refractivity contribution >= 4 is 23.2 Å². The van der Waals surface area contributed by atoms with Gasteiger partial charge in [-0.3, -0.25) is 24.6 Å². The van der Waals surface area contributed by atoms with Crippen LogP contribution in [0.15, 0.2) is 71.2 Å². The average molecular weight is 465 g/mol. The van der Waals surface area contributed by atoms with Gasteiger partial charge in [-0.15, -0.1) is 0 Å². The molecule has 0 fully saturated rings. The standard InChI is InChI=1S/C24H24FN5O4/c1-24(2)11-17-19(23(32)28-12-24)18(13-3-7-16(8-4-13)30(33)34)20(22(27)31)21(26)29(17)15-9-5-14(25)6-10-15/h3-10,18H,11-12,26H2,1-2H3,(H2,27,31)(H,28,32). The molecular formula is C24H24FN5O4. The second-order valence-corrected chi connectivity index (χ2v) is 9.14. The molecule has 0 radical (unpaired) electrons. The molecule has 5 N–H and O–H groups in total. The summed E-state index contributed by atoms with van der Waals surface area (Å²) in [4.78, 5) is 38.3. The van der Waals surface area contributed by atoms with Crippen LogP contribution in [0.2, 0.25) is 0 Å². The van der Waals surface area contributed by atoms with Crippen LogP contribution in [0, 0.1) is 21.3 Å². The zero-order chi connectivity index (χ0) is 24.8. The Morgan fingerprint density at radius 2 is 1.79 bits per heavy atom. The lowest BCUT2D eigenvalue weighted by molar-refractivity contribution is -0.384. The molecule has 176 valence electrons. The van der Waals surface area contributed by atoms with E-state index in [-0.39, 0.29) is 28.1 Å². The van der Waals surface area contributed by atoms with Crippen LogP contribution >= 0.6 is 0 Å². The van der Waals surface area contributed by atoms with Crippen LogP contribution in [0.25, 0.3) is 0 Å². The summed E-state index contributed by atoms with van der Waals surface area (Å²) in [6.45, 7) is 4.34. The van der Waals surface area contributed by atoms with Crippen molar-refractivity contribution in [1.82, 2.24) is 5.32 Å². The first-order valence-electron chi connectivity index (χ1n) is 10.6. The maximum atomic E-state index is 13.7. The van der Waals surface area contributed by atoms with E-state index >= 15 is 0 Å².